The van der Waals surface area contributed by atoms with Crippen LogP contribution in [0.1, 0.15) is 52.6 Å². The summed E-state index contributed by atoms with van der Waals surface area (Å²) in [4.78, 5) is 42.1. The van der Waals surface area contributed by atoms with E-state index in [4.69, 9.17) is 4.84 Å². The second kappa shape index (κ2) is 10.1. The number of ether oxygens (including phenoxy) is 2. The minimum absolute atomic E-state index is 0.00264. The molecule has 172 valence electrons. The number of phenols is 2. The maximum Gasteiger partial charge on any atom is 0.341 e. The molecule has 32 heavy (non-hydrogen) atoms. The first-order valence-electron chi connectivity index (χ1n) is 9.75. The summed E-state index contributed by atoms with van der Waals surface area (Å²) in [6.07, 6.45) is -0.114. The molecule has 0 aromatic heterocycles. The molecule has 9 heteroatoms. The number of phenolic OH excluding ortho intramolecular Hbond substituents is 2. The molecule has 0 saturated heterocycles. The number of esters is 2. The Morgan fingerprint density at radius 1 is 0.844 bits per heavy atom. The molecule has 0 atom stereocenters. The molecule has 2 N–H and O–H groups in total. The van der Waals surface area contributed by atoms with Gasteiger partial charge < -0.3 is 19.7 Å². The molecule has 0 saturated carbocycles. The molecule has 0 aliphatic rings. The number of rotatable bonds is 7. The summed E-state index contributed by atoms with van der Waals surface area (Å²) in [7, 11) is 2.42. The van der Waals surface area contributed by atoms with Crippen LogP contribution in [0.3, 0.4) is 0 Å². The Morgan fingerprint density at radius 3 is 1.75 bits per heavy atom. The third-order valence-electron chi connectivity index (χ3n) is 4.28. The fraction of sp³-hybridized carbons (Fsp3) is 0.348. The van der Waals surface area contributed by atoms with Crippen LogP contribution in [0.5, 0.6) is 11.5 Å². The van der Waals surface area contributed by atoms with Crippen LogP contribution >= 0.6 is 0 Å². The van der Waals surface area contributed by atoms with Gasteiger partial charge >= 0.3 is 11.9 Å². The number of carbonyl (C=O) groups excluding carboxylic acids is 3. The van der Waals surface area contributed by atoms with Gasteiger partial charge in [-0.25, -0.2) is 14.7 Å². The summed E-state index contributed by atoms with van der Waals surface area (Å²) in [5.74, 6) is -2.35. The number of hydrogen-bond donors (Lipinski definition) is 2. The van der Waals surface area contributed by atoms with Gasteiger partial charge in [-0.1, -0.05) is 12.1 Å². The topological polar surface area (TPSA) is 123 Å². The molecular weight excluding hydrogens is 418 g/mol. The van der Waals surface area contributed by atoms with Gasteiger partial charge in [0.15, 0.2) is 0 Å². The monoisotopic (exact) mass is 445 g/mol. The second-order valence-electron chi connectivity index (χ2n) is 8.00. The van der Waals surface area contributed by atoms with Crippen molar-refractivity contribution in [2.75, 3.05) is 14.2 Å². The van der Waals surface area contributed by atoms with Crippen molar-refractivity contribution in [2.24, 2.45) is 0 Å². The molecular formula is C23H27NO8. The Hall–Kier alpha value is -3.59. The van der Waals surface area contributed by atoms with Crippen LogP contribution in [0, 0.1) is 0 Å². The highest BCUT2D eigenvalue weighted by Gasteiger charge is 2.24. The van der Waals surface area contributed by atoms with Crippen LogP contribution in [-0.2, 0) is 32.1 Å². The second-order valence-corrected chi connectivity index (χ2v) is 8.00. The number of amides is 1. The van der Waals surface area contributed by atoms with Crippen LogP contribution < -0.4 is 0 Å². The van der Waals surface area contributed by atoms with E-state index in [1.807, 2.05) is 0 Å². The Balaban J connectivity index is 2.24. The van der Waals surface area contributed by atoms with E-state index >= 15 is 0 Å². The maximum absolute atomic E-state index is 13.0. The van der Waals surface area contributed by atoms with E-state index in [1.165, 1.54) is 44.6 Å². The van der Waals surface area contributed by atoms with Gasteiger partial charge in [0, 0.05) is 0 Å². The van der Waals surface area contributed by atoms with Crippen molar-refractivity contribution in [3.63, 3.8) is 0 Å². The van der Waals surface area contributed by atoms with Gasteiger partial charge in [0.05, 0.1) is 32.8 Å². The van der Waals surface area contributed by atoms with Crippen molar-refractivity contribution in [3.05, 3.63) is 58.7 Å². The lowest BCUT2D eigenvalue weighted by molar-refractivity contribution is -0.231. The van der Waals surface area contributed by atoms with Crippen molar-refractivity contribution in [1.29, 1.82) is 0 Å². The highest BCUT2D eigenvalue weighted by atomic mass is 16.7. The molecule has 0 bridgehead atoms. The quantitative estimate of drug-likeness (QED) is 0.493. The van der Waals surface area contributed by atoms with Crippen LogP contribution in [0.25, 0.3) is 0 Å². The summed E-state index contributed by atoms with van der Waals surface area (Å²) < 4.78 is 9.20. The number of hydroxylamine groups is 2. The normalized spacial score (nSPS) is 11.0. The molecule has 0 heterocycles. The Labute approximate surface area is 186 Å². The lowest BCUT2D eigenvalue weighted by Gasteiger charge is -2.30. The van der Waals surface area contributed by atoms with Crippen LogP contribution in [0.4, 0.5) is 0 Å². The lowest BCUT2D eigenvalue weighted by Crippen LogP contribution is -2.38. The Kier molecular flexibility index (Phi) is 7.82. The summed E-state index contributed by atoms with van der Waals surface area (Å²) in [5, 5.41) is 21.3. The van der Waals surface area contributed by atoms with E-state index in [0.29, 0.717) is 11.1 Å². The van der Waals surface area contributed by atoms with E-state index in [1.54, 1.807) is 26.8 Å². The Morgan fingerprint density at radius 2 is 1.31 bits per heavy atom. The van der Waals surface area contributed by atoms with Gasteiger partial charge in [-0.2, -0.15) is 0 Å². The minimum atomic E-state index is -0.694. The summed E-state index contributed by atoms with van der Waals surface area (Å²) in [5.41, 5.74) is 0.295. The van der Waals surface area contributed by atoms with Gasteiger partial charge in [0.2, 0.25) is 0 Å². The zero-order valence-electron chi connectivity index (χ0n) is 18.7. The average molecular weight is 445 g/mol. The fourth-order valence-electron chi connectivity index (χ4n) is 2.86. The molecule has 2 aromatic carbocycles. The van der Waals surface area contributed by atoms with E-state index in [-0.39, 0.29) is 35.6 Å². The minimum Gasteiger partial charge on any atom is -0.507 e. The van der Waals surface area contributed by atoms with Gasteiger partial charge in [-0.05, 0) is 56.2 Å². The van der Waals surface area contributed by atoms with Crippen molar-refractivity contribution >= 4 is 17.8 Å². The van der Waals surface area contributed by atoms with E-state index in [2.05, 4.69) is 9.47 Å². The van der Waals surface area contributed by atoms with Crippen LogP contribution in [-0.4, -0.2) is 52.9 Å². The summed E-state index contributed by atoms with van der Waals surface area (Å²) >= 11 is 0. The number of methoxy groups -OCH3 is 2. The highest BCUT2D eigenvalue weighted by Crippen LogP contribution is 2.24. The van der Waals surface area contributed by atoms with Gasteiger partial charge in [0.1, 0.15) is 22.6 Å². The zero-order valence-corrected chi connectivity index (χ0v) is 18.7. The predicted molar refractivity (Wildman–Crippen MR) is 114 cm³/mol. The van der Waals surface area contributed by atoms with Gasteiger partial charge in [-0.3, -0.25) is 9.63 Å². The van der Waals surface area contributed by atoms with E-state index in [9.17, 15) is 24.6 Å². The number of nitrogens with zero attached hydrogens (tertiary/aromatic N) is 1. The molecule has 0 aliphatic heterocycles. The molecule has 0 spiro atoms. The number of aromatic hydroxyl groups is 2. The van der Waals surface area contributed by atoms with Crippen molar-refractivity contribution < 1.29 is 38.9 Å². The van der Waals surface area contributed by atoms with Gasteiger partial charge in [0.25, 0.3) is 5.91 Å². The van der Waals surface area contributed by atoms with Crippen LogP contribution in [0.2, 0.25) is 0 Å². The molecule has 0 radical (unpaired) electrons. The van der Waals surface area contributed by atoms with Crippen molar-refractivity contribution in [3.8, 4) is 11.5 Å². The zero-order chi connectivity index (χ0) is 24.1. The van der Waals surface area contributed by atoms with Gasteiger partial charge in [-0.15, -0.1) is 0 Å². The molecule has 2 rings (SSSR count). The first kappa shape index (κ1) is 24.7. The van der Waals surface area contributed by atoms with Crippen molar-refractivity contribution in [2.45, 2.75) is 39.3 Å². The number of hydrogen-bond acceptors (Lipinski definition) is 8. The van der Waals surface area contributed by atoms with Crippen molar-refractivity contribution in [1.82, 2.24) is 5.06 Å². The third-order valence-corrected chi connectivity index (χ3v) is 4.28. The largest absolute Gasteiger partial charge is 0.507 e. The van der Waals surface area contributed by atoms with E-state index < -0.39 is 23.4 Å². The number of benzene rings is 2. The molecule has 1 amide bonds. The predicted octanol–water partition coefficient (Wildman–Crippen LogP) is 2.97. The first-order chi connectivity index (χ1) is 14.9. The fourth-order valence-corrected chi connectivity index (χ4v) is 2.86. The highest BCUT2D eigenvalue weighted by molar-refractivity contribution is 5.93. The standard InChI is InChI=1S/C23H27NO8/c1-23(2,3)32-24(13-15-7-9-17(19(26)11-15)22(29)31-5)20(27)12-14-6-8-16(18(25)10-14)21(28)30-4/h6-11,25-26H,12-13H2,1-5H3. The summed E-state index contributed by atoms with van der Waals surface area (Å²) in [6.45, 7) is 5.34. The SMILES string of the molecule is COC(=O)c1ccc(CC(=O)N(Cc2ccc(C(=O)OC)c(O)c2)OC(C)(C)C)cc1O. The smallest absolute Gasteiger partial charge is 0.341 e. The molecule has 0 unspecified atom stereocenters. The summed E-state index contributed by atoms with van der Waals surface area (Å²) in [6, 6.07) is 8.57. The van der Waals surface area contributed by atoms with Crippen LogP contribution in [0.15, 0.2) is 36.4 Å². The first-order valence-corrected chi connectivity index (χ1v) is 9.75. The lowest BCUT2D eigenvalue weighted by atomic mass is 10.1. The Bertz CT molecular complexity index is 1010. The van der Waals surface area contributed by atoms with E-state index in [0.717, 1.165) is 5.06 Å². The molecule has 2 aromatic rings. The molecule has 9 nitrogen and oxygen atoms in total. The number of carbonyl (C=O) groups is 3. The third kappa shape index (κ3) is 6.45. The average Bonchev–Trinajstić information content (AvgIpc) is 2.71. The maximum atomic E-state index is 13.0. The molecule has 0 aliphatic carbocycles. The molecule has 0 fully saturated rings.